The van der Waals surface area contributed by atoms with E-state index in [0.29, 0.717) is 17.0 Å². The van der Waals surface area contributed by atoms with Gasteiger partial charge < -0.3 is 0 Å². The van der Waals surface area contributed by atoms with Gasteiger partial charge in [0.05, 0.1) is 16.3 Å². The lowest BCUT2D eigenvalue weighted by atomic mass is 10.1. The van der Waals surface area contributed by atoms with Gasteiger partial charge in [-0.05, 0) is 55.8 Å². The fourth-order valence-electron chi connectivity index (χ4n) is 2.83. The van der Waals surface area contributed by atoms with Crippen molar-refractivity contribution in [3.05, 3.63) is 95.3 Å². The predicted molar refractivity (Wildman–Crippen MR) is 120 cm³/mol. The number of rotatable bonds is 7. The number of hydrazone groups is 1. The second-order valence-electron chi connectivity index (χ2n) is 7.12. The molecule has 0 saturated carbocycles. The zero-order chi connectivity index (χ0) is 22.4. The summed E-state index contributed by atoms with van der Waals surface area (Å²) in [6, 6.07) is 18.9. The first-order chi connectivity index (χ1) is 14.8. The number of nitrogens with one attached hydrogen (secondary N) is 1. The second kappa shape index (κ2) is 9.63. The minimum atomic E-state index is -3.59. The summed E-state index contributed by atoms with van der Waals surface area (Å²) < 4.78 is 26.7. The summed E-state index contributed by atoms with van der Waals surface area (Å²) in [6.07, 6.45) is 1.66. The summed E-state index contributed by atoms with van der Waals surface area (Å²) >= 11 is 0. The molecule has 1 amide bonds. The Labute approximate surface area is 182 Å². The Morgan fingerprint density at radius 2 is 1.71 bits per heavy atom. The van der Waals surface area contributed by atoms with Crippen LogP contribution in [0.3, 0.4) is 0 Å². The van der Waals surface area contributed by atoms with Crippen molar-refractivity contribution in [1.82, 2.24) is 14.7 Å². The molecule has 3 rings (SSSR count). The summed E-state index contributed by atoms with van der Waals surface area (Å²) in [7, 11) is -2.06. The molecule has 31 heavy (non-hydrogen) atoms. The molecule has 1 heterocycles. The highest BCUT2D eigenvalue weighted by molar-refractivity contribution is 7.89. The highest BCUT2D eigenvalue weighted by Crippen LogP contribution is 2.17. The van der Waals surface area contributed by atoms with Crippen LogP contribution in [-0.4, -0.2) is 36.4 Å². The summed E-state index contributed by atoms with van der Waals surface area (Å²) in [4.78, 5) is 16.8. The van der Waals surface area contributed by atoms with Crippen LogP contribution in [0.4, 0.5) is 0 Å². The maximum Gasteiger partial charge on any atom is 0.271 e. The van der Waals surface area contributed by atoms with Crippen molar-refractivity contribution in [2.24, 2.45) is 5.10 Å². The lowest BCUT2D eigenvalue weighted by molar-refractivity contribution is 0.0955. The Morgan fingerprint density at radius 1 is 1.03 bits per heavy atom. The van der Waals surface area contributed by atoms with Crippen molar-refractivity contribution < 1.29 is 13.2 Å². The van der Waals surface area contributed by atoms with Gasteiger partial charge in [-0.25, -0.2) is 13.8 Å². The van der Waals surface area contributed by atoms with Gasteiger partial charge in [-0.2, -0.15) is 9.41 Å². The molecule has 0 spiro atoms. The van der Waals surface area contributed by atoms with E-state index in [-0.39, 0.29) is 17.3 Å². The van der Waals surface area contributed by atoms with E-state index in [2.05, 4.69) is 15.5 Å². The number of hydrogen-bond donors (Lipinski definition) is 1. The van der Waals surface area contributed by atoms with E-state index in [1.807, 2.05) is 13.0 Å². The minimum Gasteiger partial charge on any atom is -0.267 e. The number of amides is 1. The second-order valence-corrected chi connectivity index (χ2v) is 9.17. The molecule has 8 heteroatoms. The molecule has 1 N–H and O–H groups in total. The van der Waals surface area contributed by atoms with E-state index in [1.54, 1.807) is 73.8 Å². The molecule has 1 aromatic heterocycles. The van der Waals surface area contributed by atoms with Gasteiger partial charge in [0.2, 0.25) is 10.0 Å². The highest BCUT2D eigenvalue weighted by atomic mass is 32.2. The van der Waals surface area contributed by atoms with E-state index in [9.17, 15) is 13.2 Å². The van der Waals surface area contributed by atoms with Gasteiger partial charge >= 0.3 is 0 Å². The van der Waals surface area contributed by atoms with Gasteiger partial charge in [0.1, 0.15) is 0 Å². The largest absolute Gasteiger partial charge is 0.271 e. The molecular formula is C23H24N4O3S. The van der Waals surface area contributed by atoms with Crippen LogP contribution in [0.5, 0.6) is 0 Å². The highest BCUT2D eigenvalue weighted by Gasteiger charge is 2.20. The van der Waals surface area contributed by atoms with Crippen LogP contribution in [0.15, 0.2) is 82.9 Å². The van der Waals surface area contributed by atoms with E-state index < -0.39 is 10.0 Å². The first-order valence-corrected chi connectivity index (χ1v) is 11.1. The molecule has 0 atom stereocenters. The van der Waals surface area contributed by atoms with Crippen molar-refractivity contribution in [3.63, 3.8) is 0 Å². The van der Waals surface area contributed by atoms with Crippen molar-refractivity contribution >= 4 is 21.6 Å². The fourth-order valence-corrected chi connectivity index (χ4v) is 3.99. The summed E-state index contributed by atoms with van der Waals surface area (Å²) in [5.74, 6) is -0.359. The first kappa shape index (κ1) is 22.3. The SMILES string of the molecule is C/C(=N\NC(=O)c1ccc(CN(C)S(=O)(=O)c2ccc(C)cc2)cc1)c1ccccn1. The van der Waals surface area contributed by atoms with E-state index >= 15 is 0 Å². The van der Waals surface area contributed by atoms with Crippen molar-refractivity contribution in [2.45, 2.75) is 25.3 Å². The molecule has 0 unspecified atom stereocenters. The quantitative estimate of drug-likeness (QED) is 0.454. The number of aryl methyl sites for hydroxylation is 1. The van der Waals surface area contributed by atoms with E-state index in [0.717, 1.165) is 11.1 Å². The number of carbonyl (C=O) groups excluding carboxylic acids is 1. The minimum absolute atomic E-state index is 0.190. The number of nitrogens with zero attached hydrogens (tertiary/aromatic N) is 3. The van der Waals surface area contributed by atoms with Crippen LogP contribution in [0, 0.1) is 6.92 Å². The maximum absolute atomic E-state index is 12.7. The van der Waals surface area contributed by atoms with E-state index in [1.165, 1.54) is 11.4 Å². The Hall–Kier alpha value is -3.36. The summed E-state index contributed by atoms with van der Waals surface area (Å²) in [5.41, 5.74) is 5.96. The first-order valence-electron chi connectivity index (χ1n) is 9.65. The molecule has 160 valence electrons. The normalized spacial score (nSPS) is 12.1. The van der Waals surface area contributed by atoms with Gasteiger partial charge in [-0.3, -0.25) is 9.78 Å². The molecule has 0 saturated heterocycles. The Morgan fingerprint density at radius 3 is 2.32 bits per heavy atom. The van der Waals surface area contributed by atoms with Crippen LogP contribution in [0.2, 0.25) is 0 Å². The predicted octanol–water partition coefficient (Wildman–Crippen LogP) is 3.36. The van der Waals surface area contributed by atoms with Gasteiger partial charge in [-0.15, -0.1) is 0 Å². The lowest BCUT2D eigenvalue weighted by Gasteiger charge is -2.17. The third kappa shape index (κ3) is 5.62. The van der Waals surface area contributed by atoms with Gasteiger partial charge in [0, 0.05) is 25.4 Å². The van der Waals surface area contributed by atoms with Crippen LogP contribution in [0.1, 0.15) is 34.1 Å². The molecule has 7 nitrogen and oxygen atoms in total. The third-order valence-electron chi connectivity index (χ3n) is 4.71. The van der Waals surface area contributed by atoms with Gasteiger partial charge in [0.25, 0.3) is 5.91 Å². The fraction of sp³-hybridized carbons (Fsp3) is 0.174. The van der Waals surface area contributed by atoms with Gasteiger partial charge in [-0.1, -0.05) is 35.9 Å². The number of sulfonamides is 1. The molecule has 0 bridgehead atoms. The van der Waals surface area contributed by atoms with Crippen LogP contribution < -0.4 is 5.43 Å². The molecule has 0 aliphatic rings. The molecule has 0 fully saturated rings. The zero-order valence-electron chi connectivity index (χ0n) is 17.6. The van der Waals surface area contributed by atoms with Crippen LogP contribution in [-0.2, 0) is 16.6 Å². The molecule has 3 aromatic rings. The van der Waals surface area contributed by atoms with Crippen LogP contribution in [0.25, 0.3) is 0 Å². The molecule has 0 aliphatic heterocycles. The summed E-state index contributed by atoms with van der Waals surface area (Å²) in [5, 5.41) is 4.08. The number of aromatic nitrogens is 1. The Bertz CT molecular complexity index is 1170. The van der Waals surface area contributed by atoms with E-state index in [4.69, 9.17) is 0 Å². The number of benzene rings is 2. The molecule has 2 aromatic carbocycles. The molecule has 0 aliphatic carbocycles. The topological polar surface area (TPSA) is 91.7 Å². The van der Waals surface area contributed by atoms with Crippen LogP contribution >= 0.6 is 0 Å². The molecular weight excluding hydrogens is 412 g/mol. The Balaban J connectivity index is 1.64. The lowest BCUT2D eigenvalue weighted by Crippen LogP contribution is -2.26. The molecule has 0 radical (unpaired) electrons. The average Bonchev–Trinajstić information content (AvgIpc) is 2.78. The third-order valence-corrected chi connectivity index (χ3v) is 6.53. The number of hydrogen-bond acceptors (Lipinski definition) is 5. The maximum atomic E-state index is 12.7. The van der Waals surface area contributed by atoms with Crippen molar-refractivity contribution in [2.75, 3.05) is 7.05 Å². The standard InChI is InChI=1S/C23H24N4O3S/c1-17-7-13-21(14-8-17)31(29,30)27(3)16-19-9-11-20(12-10-19)23(28)26-25-18(2)22-6-4-5-15-24-22/h4-15H,16H2,1-3H3,(H,26,28)/b25-18+. The van der Waals surface area contributed by atoms with Crippen molar-refractivity contribution in [3.8, 4) is 0 Å². The number of carbonyl (C=O) groups is 1. The smallest absolute Gasteiger partial charge is 0.267 e. The number of pyridine rings is 1. The average molecular weight is 437 g/mol. The Kier molecular flexibility index (Phi) is 6.94. The van der Waals surface area contributed by atoms with Crippen molar-refractivity contribution in [1.29, 1.82) is 0 Å². The summed E-state index contributed by atoms with van der Waals surface area (Å²) in [6.45, 7) is 3.86. The zero-order valence-corrected chi connectivity index (χ0v) is 18.4. The monoisotopic (exact) mass is 436 g/mol. The van der Waals surface area contributed by atoms with Gasteiger partial charge in [0.15, 0.2) is 0 Å².